The Morgan fingerprint density at radius 3 is 2.73 bits per heavy atom. The highest BCUT2D eigenvalue weighted by Gasteiger charge is 2.22. The van der Waals surface area contributed by atoms with Crippen molar-refractivity contribution in [3.8, 4) is 11.3 Å². The van der Waals surface area contributed by atoms with Crippen molar-refractivity contribution in [1.82, 2.24) is 15.0 Å². The summed E-state index contributed by atoms with van der Waals surface area (Å²) in [6, 6.07) is 12.7. The molecule has 130 valence electrons. The molecule has 0 atom stereocenters. The second-order valence-corrected chi connectivity index (χ2v) is 6.20. The molecule has 1 aliphatic carbocycles. The van der Waals surface area contributed by atoms with E-state index in [1.54, 1.807) is 42.7 Å². The fourth-order valence-corrected chi connectivity index (χ4v) is 2.52. The molecule has 1 amide bonds. The van der Waals surface area contributed by atoms with Crippen LogP contribution in [0.15, 0.2) is 54.9 Å². The van der Waals surface area contributed by atoms with E-state index in [1.165, 1.54) is 0 Å². The average molecular weight is 346 g/mol. The first-order chi connectivity index (χ1) is 12.7. The lowest BCUT2D eigenvalue weighted by Crippen LogP contribution is -2.15. The average Bonchev–Trinajstić information content (AvgIpc) is 3.46. The maximum absolute atomic E-state index is 12.5. The quantitative estimate of drug-likeness (QED) is 0.613. The number of anilines is 3. The van der Waals surface area contributed by atoms with E-state index in [0.717, 1.165) is 18.4 Å². The molecule has 0 saturated heterocycles. The van der Waals surface area contributed by atoms with Gasteiger partial charge in [-0.25, -0.2) is 4.98 Å². The first-order valence-corrected chi connectivity index (χ1v) is 8.40. The number of hydrogen-bond donors (Lipinski definition) is 3. The third-order valence-corrected chi connectivity index (χ3v) is 3.98. The Labute approximate surface area is 150 Å². The van der Waals surface area contributed by atoms with E-state index in [9.17, 15) is 4.79 Å². The molecule has 0 bridgehead atoms. The lowest BCUT2D eigenvalue weighted by molar-refractivity contribution is 0.102. The van der Waals surface area contributed by atoms with E-state index < -0.39 is 0 Å². The zero-order valence-electron chi connectivity index (χ0n) is 14.0. The van der Waals surface area contributed by atoms with Crippen LogP contribution in [0.1, 0.15) is 23.2 Å². The molecule has 0 aliphatic heterocycles. The standard InChI is InChI=1S/C19H18N6O/c20-14-5-1-3-12(9-14)18(26)24-17-10-16(13-4-2-8-21-11-13)23-19(25-17)22-15-6-7-15/h1-5,8-11,15H,6-7,20H2,(H2,22,23,24,25,26). The van der Waals surface area contributed by atoms with E-state index in [0.29, 0.717) is 34.8 Å². The number of nitrogens with zero attached hydrogens (tertiary/aromatic N) is 3. The highest BCUT2D eigenvalue weighted by Crippen LogP contribution is 2.26. The molecular weight excluding hydrogens is 328 g/mol. The molecule has 1 saturated carbocycles. The fraction of sp³-hybridized carbons (Fsp3) is 0.158. The minimum Gasteiger partial charge on any atom is -0.399 e. The van der Waals surface area contributed by atoms with Gasteiger partial charge in [0.15, 0.2) is 0 Å². The summed E-state index contributed by atoms with van der Waals surface area (Å²) in [6.45, 7) is 0. The molecule has 1 fully saturated rings. The molecule has 3 aromatic rings. The minimum absolute atomic E-state index is 0.273. The number of benzene rings is 1. The van der Waals surface area contributed by atoms with Crippen molar-refractivity contribution in [3.05, 3.63) is 60.4 Å². The topological polar surface area (TPSA) is 106 Å². The molecule has 1 aromatic carbocycles. The first-order valence-electron chi connectivity index (χ1n) is 8.40. The van der Waals surface area contributed by atoms with E-state index in [4.69, 9.17) is 5.73 Å². The summed E-state index contributed by atoms with van der Waals surface area (Å²) in [5.74, 6) is 0.650. The maximum Gasteiger partial charge on any atom is 0.256 e. The lowest BCUT2D eigenvalue weighted by atomic mass is 10.2. The fourth-order valence-electron chi connectivity index (χ4n) is 2.52. The number of carbonyl (C=O) groups excluding carboxylic acids is 1. The monoisotopic (exact) mass is 346 g/mol. The van der Waals surface area contributed by atoms with Crippen LogP contribution in [0.25, 0.3) is 11.3 Å². The summed E-state index contributed by atoms with van der Waals surface area (Å²) >= 11 is 0. The summed E-state index contributed by atoms with van der Waals surface area (Å²) in [4.78, 5) is 25.6. The van der Waals surface area contributed by atoms with Gasteiger partial charge in [0, 0.05) is 41.3 Å². The number of nitrogens with one attached hydrogen (secondary N) is 2. The zero-order chi connectivity index (χ0) is 17.9. The molecule has 2 heterocycles. The number of nitrogen functional groups attached to an aromatic ring is 1. The minimum atomic E-state index is -0.273. The van der Waals surface area contributed by atoms with Crippen LogP contribution in [0.5, 0.6) is 0 Å². The van der Waals surface area contributed by atoms with Gasteiger partial charge in [-0.1, -0.05) is 6.07 Å². The van der Waals surface area contributed by atoms with Gasteiger partial charge in [0.05, 0.1) is 5.69 Å². The molecule has 0 unspecified atom stereocenters. The van der Waals surface area contributed by atoms with Crippen molar-refractivity contribution in [2.24, 2.45) is 0 Å². The highest BCUT2D eigenvalue weighted by molar-refractivity contribution is 6.04. The largest absolute Gasteiger partial charge is 0.399 e. The molecule has 4 N–H and O–H groups in total. The Morgan fingerprint density at radius 2 is 2.00 bits per heavy atom. The van der Waals surface area contributed by atoms with Crippen LogP contribution in [0.2, 0.25) is 0 Å². The van der Waals surface area contributed by atoms with Crippen molar-refractivity contribution in [1.29, 1.82) is 0 Å². The molecule has 0 spiro atoms. The summed E-state index contributed by atoms with van der Waals surface area (Å²) in [5.41, 5.74) is 8.31. The van der Waals surface area contributed by atoms with E-state index in [-0.39, 0.29) is 5.91 Å². The number of aromatic nitrogens is 3. The van der Waals surface area contributed by atoms with Crippen LogP contribution in [-0.4, -0.2) is 26.9 Å². The van der Waals surface area contributed by atoms with Crippen molar-refractivity contribution in [2.45, 2.75) is 18.9 Å². The van der Waals surface area contributed by atoms with Gasteiger partial charge in [-0.05, 0) is 43.2 Å². The third-order valence-electron chi connectivity index (χ3n) is 3.98. The Morgan fingerprint density at radius 1 is 1.12 bits per heavy atom. The number of rotatable bonds is 5. The molecule has 7 heteroatoms. The predicted molar refractivity (Wildman–Crippen MR) is 101 cm³/mol. The number of nitrogens with two attached hydrogens (primary N) is 1. The molecule has 7 nitrogen and oxygen atoms in total. The summed E-state index contributed by atoms with van der Waals surface area (Å²) in [6.07, 6.45) is 5.64. The predicted octanol–water partition coefficient (Wildman–Crippen LogP) is 2.95. The zero-order valence-corrected chi connectivity index (χ0v) is 14.0. The van der Waals surface area contributed by atoms with Gasteiger partial charge in [0.25, 0.3) is 5.91 Å². The second-order valence-electron chi connectivity index (χ2n) is 6.20. The Bertz CT molecular complexity index is 940. The van der Waals surface area contributed by atoms with Crippen molar-refractivity contribution >= 4 is 23.4 Å². The van der Waals surface area contributed by atoms with Crippen molar-refractivity contribution < 1.29 is 4.79 Å². The van der Waals surface area contributed by atoms with Crippen LogP contribution < -0.4 is 16.4 Å². The van der Waals surface area contributed by atoms with Crippen molar-refractivity contribution in [2.75, 3.05) is 16.4 Å². The number of amides is 1. The lowest BCUT2D eigenvalue weighted by Gasteiger charge is -2.10. The smallest absolute Gasteiger partial charge is 0.256 e. The van der Waals surface area contributed by atoms with Crippen LogP contribution in [0.4, 0.5) is 17.5 Å². The molecule has 1 aliphatic rings. The van der Waals surface area contributed by atoms with Crippen LogP contribution in [-0.2, 0) is 0 Å². The maximum atomic E-state index is 12.5. The van der Waals surface area contributed by atoms with Crippen LogP contribution >= 0.6 is 0 Å². The Kier molecular flexibility index (Phi) is 4.18. The van der Waals surface area contributed by atoms with Crippen LogP contribution in [0, 0.1) is 0 Å². The number of hydrogen-bond acceptors (Lipinski definition) is 6. The molecule has 26 heavy (non-hydrogen) atoms. The SMILES string of the molecule is Nc1cccc(C(=O)Nc2cc(-c3cccnc3)nc(NC3CC3)n2)c1. The number of pyridine rings is 1. The number of carbonyl (C=O) groups is 1. The van der Waals surface area contributed by atoms with Gasteiger partial charge in [-0.3, -0.25) is 9.78 Å². The van der Waals surface area contributed by atoms with Crippen LogP contribution in [0.3, 0.4) is 0 Å². The van der Waals surface area contributed by atoms with Gasteiger partial charge >= 0.3 is 0 Å². The van der Waals surface area contributed by atoms with E-state index in [2.05, 4.69) is 25.6 Å². The van der Waals surface area contributed by atoms with Crippen molar-refractivity contribution in [3.63, 3.8) is 0 Å². The summed E-state index contributed by atoms with van der Waals surface area (Å²) in [7, 11) is 0. The first kappa shape index (κ1) is 16.0. The normalized spacial score (nSPS) is 13.2. The van der Waals surface area contributed by atoms with Gasteiger partial charge in [-0.15, -0.1) is 0 Å². The van der Waals surface area contributed by atoms with Gasteiger partial charge in [0.1, 0.15) is 5.82 Å². The summed E-state index contributed by atoms with van der Waals surface area (Å²) in [5, 5.41) is 6.10. The Hall–Kier alpha value is -3.48. The summed E-state index contributed by atoms with van der Waals surface area (Å²) < 4.78 is 0. The van der Waals surface area contributed by atoms with E-state index in [1.807, 2.05) is 12.1 Å². The molecule has 2 aromatic heterocycles. The highest BCUT2D eigenvalue weighted by atomic mass is 16.1. The molecule has 4 rings (SSSR count). The van der Waals surface area contributed by atoms with Gasteiger partial charge < -0.3 is 16.4 Å². The Balaban J connectivity index is 1.64. The molecular formula is C19H18N6O. The molecule has 0 radical (unpaired) electrons. The van der Waals surface area contributed by atoms with Gasteiger partial charge in [-0.2, -0.15) is 4.98 Å². The second kappa shape index (κ2) is 6.79. The van der Waals surface area contributed by atoms with E-state index >= 15 is 0 Å². The van der Waals surface area contributed by atoms with Gasteiger partial charge in [0.2, 0.25) is 5.95 Å². The third kappa shape index (κ3) is 3.77.